The summed E-state index contributed by atoms with van der Waals surface area (Å²) in [6, 6.07) is 10.8. The molecule has 1 heterocycles. The van der Waals surface area contributed by atoms with E-state index < -0.39 is 5.97 Å². The van der Waals surface area contributed by atoms with Gasteiger partial charge in [0, 0.05) is 18.5 Å². The highest BCUT2D eigenvalue weighted by molar-refractivity contribution is 6.10. The van der Waals surface area contributed by atoms with Gasteiger partial charge in [-0.15, -0.1) is 0 Å². The quantitative estimate of drug-likeness (QED) is 0.411. The Morgan fingerprint density at radius 3 is 2.79 bits per heavy atom. The zero-order chi connectivity index (χ0) is 13.4. The lowest BCUT2D eigenvalue weighted by molar-refractivity contribution is -0.131. The first-order valence-corrected chi connectivity index (χ1v) is 5.84. The zero-order valence-electron chi connectivity index (χ0n) is 10.3. The Bertz CT molecular complexity index is 796. The number of hydrogen-bond donors (Lipinski definition) is 1. The molecule has 0 bridgehead atoms. The second kappa shape index (κ2) is 4.24. The van der Waals surface area contributed by atoms with E-state index in [0.29, 0.717) is 10.9 Å². The highest BCUT2D eigenvalue weighted by atomic mass is 16.5. The molecule has 1 aromatic heterocycles. The summed E-state index contributed by atoms with van der Waals surface area (Å²) >= 11 is 0. The van der Waals surface area contributed by atoms with Crippen molar-refractivity contribution in [2.24, 2.45) is 0 Å². The molecule has 0 saturated carbocycles. The van der Waals surface area contributed by atoms with Gasteiger partial charge in [-0.05, 0) is 17.5 Å². The molecule has 3 rings (SSSR count). The van der Waals surface area contributed by atoms with E-state index in [9.17, 15) is 9.90 Å². The van der Waals surface area contributed by atoms with Crippen LogP contribution in [-0.4, -0.2) is 16.1 Å². The number of rotatable bonds is 1. The fourth-order valence-corrected chi connectivity index (χ4v) is 2.15. The van der Waals surface area contributed by atoms with Gasteiger partial charge in [-0.2, -0.15) is 0 Å². The van der Waals surface area contributed by atoms with Crippen LogP contribution in [0, 0.1) is 0 Å². The van der Waals surface area contributed by atoms with Gasteiger partial charge >= 0.3 is 5.97 Å². The van der Waals surface area contributed by atoms with E-state index in [1.807, 2.05) is 24.3 Å². The number of esters is 1. The Hall–Kier alpha value is -2.62. The van der Waals surface area contributed by atoms with Crippen LogP contribution in [0.3, 0.4) is 0 Å². The van der Waals surface area contributed by atoms with E-state index >= 15 is 0 Å². The van der Waals surface area contributed by atoms with Crippen LogP contribution in [0.25, 0.3) is 21.7 Å². The molecule has 94 valence electrons. The van der Waals surface area contributed by atoms with Gasteiger partial charge in [0.2, 0.25) is 0 Å². The Morgan fingerprint density at radius 1 is 1.21 bits per heavy atom. The standard InChI is InChI=1S/C15H11NO3/c1-9(17)19-15-13(18)7-6-12-14(15)11-5-3-2-4-10(11)8-16-12/h2-8,18H,1H3. The third kappa shape index (κ3) is 1.87. The van der Waals surface area contributed by atoms with Gasteiger partial charge in [0.05, 0.1) is 10.9 Å². The molecule has 0 unspecified atom stereocenters. The first-order chi connectivity index (χ1) is 9.16. The van der Waals surface area contributed by atoms with E-state index in [-0.39, 0.29) is 11.5 Å². The van der Waals surface area contributed by atoms with Crippen molar-refractivity contribution in [2.45, 2.75) is 6.92 Å². The van der Waals surface area contributed by atoms with Gasteiger partial charge in [-0.25, -0.2) is 0 Å². The van der Waals surface area contributed by atoms with E-state index in [4.69, 9.17) is 4.74 Å². The number of hydrogen-bond acceptors (Lipinski definition) is 4. The summed E-state index contributed by atoms with van der Waals surface area (Å²) in [6.07, 6.45) is 1.76. The monoisotopic (exact) mass is 253 g/mol. The van der Waals surface area contributed by atoms with Crippen LogP contribution in [0.15, 0.2) is 42.6 Å². The molecule has 0 amide bonds. The van der Waals surface area contributed by atoms with Crippen molar-refractivity contribution < 1.29 is 14.6 Å². The van der Waals surface area contributed by atoms with Crippen molar-refractivity contribution in [2.75, 3.05) is 0 Å². The maximum absolute atomic E-state index is 11.2. The molecular weight excluding hydrogens is 242 g/mol. The van der Waals surface area contributed by atoms with Crippen molar-refractivity contribution in [3.05, 3.63) is 42.6 Å². The summed E-state index contributed by atoms with van der Waals surface area (Å²) in [6.45, 7) is 1.30. The highest BCUT2D eigenvalue weighted by Crippen LogP contribution is 2.38. The van der Waals surface area contributed by atoms with Crippen molar-refractivity contribution in [1.82, 2.24) is 4.98 Å². The van der Waals surface area contributed by atoms with Crippen LogP contribution >= 0.6 is 0 Å². The maximum atomic E-state index is 11.2. The number of pyridine rings is 1. The van der Waals surface area contributed by atoms with Gasteiger partial charge in [0.1, 0.15) is 0 Å². The topological polar surface area (TPSA) is 59.4 Å². The first kappa shape index (κ1) is 11.5. The second-order valence-electron chi connectivity index (χ2n) is 4.25. The Balaban J connectivity index is 2.47. The molecule has 0 fully saturated rings. The van der Waals surface area contributed by atoms with Crippen molar-refractivity contribution in [3.8, 4) is 11.5 Å². The SMILES string of the molecule is CC(=O)Oc1c(O)ccc2ncc3ccccc3c12. The maximum Gasteiger partial charge on any atom is 0.308 e. The van der Waals surface area contributed by atoms with Crippen LogP contribution in [0.2, 0.25) is 0 Å². The summed E-state index contributed by atoms with van der Waals surface area (Å²) in [5.74, 6) is -0.383. The lowest BCUT2D eigenvalue weighted by Gasteiger charge is -2.10. The molecule has 3 aromatic rings. The first-order valence-electron chi connectivity index (χ1n) is 5.84. The van der Waals surface area contributed by atoms with Crippen LogP contribution in [-0.2, 0) is 4.79 Å². The van der Waals surface area contributed by atoms with Crippen molar-refractivity contribution >= 4 is 27.6 Å². The van der Waals surface area contributed by atoms with Gasteiger partial charge in [-0.1, -0.05) is 24.3 Å². The zero-order valence-corrected chi connectivity index (χ0v) is 10.3. The molecular formula is C15H11NO3. The molecule has 0 aliphatic carbocycles. The normalized spacial score (nSPS) is 10.8. The number of carbonyl (C=O) groups excluding carboxylic acids is 1. The van der Waals surface area contributed by atoms with E-state index in [1.54, 1.807) is 12.3 Å². The molecule has 4 heteroatoms. The number of ether oxygens (including phenoxy) is 1. The van der Waals surface area contributed by atoms with E-state index in [1.165, 1.54) is 13.0 Å². The summed E-state index contributed by atoms with van der Waals surface area (Å²) < 4.78 is 5.14. The number of aromatic nitrogens is 1. The van der Waals surface area contributed by atoms with Crippen molar-refractivity contribution in [1.29, 1.82) is 0 Å². The van der Waals surface area contributed by atoms with Crippen LogP contribution in [0.5, 0.6) is 11.5 Å². The third-order valence-electron chi connectivity index (χ3n) is 2.93. The number of benzene rings is 2. The summed E-state index contributed by atoms with van der Waals surface area (Å²) in [4.78, 5) is 15.5. The molecule has 0 radical (unpaired) electrons. The number of fused-ring (bicyclic) bond motifs is 3. The predicted molar refractivity (Wildman–Crippen MR) is 72.2 cm³/mol. The molecule has 0 spiro atoms. The van der Waals surface area contributed by atoms with Gasteiger partial charge < -0.3 is 9.84 Å². The molecule has 19 heavy (non-hydrogen) atoms. The van der Waals surface area contributed by atoms with Crippen LogP contribution < -0.4 is 4.74 Å². The van der Waals surface area contributed by atoms with Crippen LogP contribution in [0.1, 0.15) is 6.92 Å². The molecule has 0 saturated heterocycles. The smallest absolute Gasteiger partial charge is 0.308 e. The minimum absolute atomic E-state index is 0.0687. The summed E-state index contributed by atoms with van der Waals surface area (Å²) in [5.41, 5.74) is 0.674. The van der Waals surface area contributed by atoms with Gasteiger partial charge in [-0.3, -0.25) is 9.78 Å². The average Bonchev–Trinajstić information content (AvgIpc) is 2.41. The molecule has 4 nitrogen and oxygen atoms in total. The van der Waals surface area contributed by atoms with Gasteiger partial charge in [0.15, 0.2) is 11.5 Å². The lowest BCUT2D eigenvalue weighted by Crippen LogP contribution is -2.02. The molecule has 2 aromatic carbocycles. The largest absolute Gasteiger partial charge is 0.504 e. The second-order valence-corrected chi connectivity index (χ2v) is 4.25. The Morgan fingerprint density at radius 2 is 2.00 bits per heavy atom. The number of aromatic hydroxyl groups is 1. The minimum Gasteiger partial charge on any atom is -0.504 e. The fraction of sp³-hybridized carbons (Fsp3) is 0.0667. The Kier molecular flexibility index (Phi) is 2.56. The van der Waals surface area contributed by atoms with Gasteiger partial charge in [0.25, 0.3) is 0 Å². The molecule has 0 aliphatic rings. The predicted octanol–water partition coefficient (Wildman–Crippen LogP) is 3.02. The molecule has 1 N–H and O–H groups in total. The van der Waals surface area contributed by atoms with Crippen LogP contribution in [0.4, 0.5) is 0 Å². The third-order valence-corrected chi connectivity index (χ3v) is 2.93. The molecule has 0 atom stereocenters. The number of phenolic OH excluding ortho intramolecular Hbond substituents is 1. The molecule has 0 aliphatic heterocycles. The Labute approximate surface area is 109 Å². The lowest BCUT2D eigenvalue weighted by atomic mass is 10.1. The number of phenols is 1. The average molecular weight is 253 g/mol. The summed E-state index contributed by atoms with van der Waals surface area (Å²) in [7, 11) is 0. The fourth-order valence-electron chi connectivity index (χ4n) is 2.15. The van der Waals surface area contributed by atoms with Crippen molar-refractivity contribution in [3.63, 3.8) is 0 Å². The highest BCUT2D eigenvalue weighted by Gasteiger charge is 2.14. The number of nitrogens with zero attached hydrogens (tertiary/aromatic N) is 1. The number of carbonyl (C=O) groups is 1. The minimum atomic E-state index is -0.476. The van der Waals surface area contributed by atoms with E-state index in [0.717, 1.165) is 10.8 Å². The summed E-state index contributed by atoms with van der Waals surface area (Å²) in [5, 5.41) is 12.4. The van der Waals surface area contributed by atoms with E-state index in [2.05, 4.69) is 4.98 Å².